The first-order valence-corrected chi connectivity index (χ1v) is 7.75. The van der Waals surface area contributed by atoms with E-state index >= 15 is 0 Å². The minimum atomic E-state index is -0.551. The van der Waals surface area contributed by atoms with E-state index in [1.54, 1.807) is 12.1 Å². The average molecular weight is 375 g/mol. The fraction of sp³-hybridized carbons (Fsp3) is 0.250. The normalized spacial score (nSPS) is 12.4. The van der Waals surface area contributed by atoms with Crippen LogP contribution in [0.25, 0.3) is 0 Å². The van der Waals surface area contributed by atoms with E-state index in [4.69, 9.17) is 17.3 Å². The van der Waals surface area contributed by atoms with Gasteiger partial charge in [-0.2, -0.15) is 0 Å². The third-order valence-electron chi connectivity index (χ3n) is 3.40. The molecule has 2 aromatic carbocycles. The van der Waals surface area contributed by atoms with Crippen molar-refractivity contribution in [3.63, 3.8) is 0 Å². The molecule has 0 amide bonds. The zero-order valence-electron chi connectivity index (χ0n) is 11.3. The minimum absolute atomic E-state index is 0.0375. The van der Waals surface area contributed by atoms with E-state index in [1.807, 2.05) is 12.1 Å². The second kappa shape index (κ2) is 7.34. The Hall–Kier alpha value is -0.970. The molecule has 0 aliphatic heterocycles. The van der Waals surface area contributed by atoms with Gasteiger partial charge in [0, 0.05) is 10.6 Å². The molecule has 0 heterocycles. The fourth-order valence-electron chi connectivity index (χ4n) is 2.24. The summed E-state index contributed by atoms with van der Waals surface area (Å²) in [6.45, 7) is 0.355. The van der Waals surface area contributed by atoms with Gasteiger partial charge >= 0.3 is 0 Å². The fourth-order valence-corrected chi connectivity index (χ4v) is 2.73. The Morgan fingerprint density at radius 2 is 1.71 bits per heavy atom. The van der Waals surface area contributed by atoms with Crippen LogP contribution in [0.4, 0.5) is 8.78 Å². The molecule has 0 saturated carbocycles. The van der Waals surface area contributed by atoms with Crippen LogP contribution >= 0.6 is 27.5 Å². The van der Waals surface area contributed by atoms with Crippen molar-refractivity contribution in [2.45, 2.75) is 12.8 Å². The van der Waals surface area contributed by atoms with Gasteiger partial charge in [0.15, 0.2) is 0 Å². The van der Waals surface area contributed by atoms with Crippen LogP contribution in [0.15, 0.2) is 40.9 Å². The van der Waals surface area contributed by atoms with Crippen molar-refractivity contribution in [1.29, 1.82) is 0 Å². The zero-order chi connectivity index (χ0) is 15.4. The van der Waals surface area contributed by atoms with Crippen molar-refractivity contribution in [3.05, 3.63) is 68.7 Å². The van der Waals surface area contributed by atoms with Crippen LogP contribution in [0.3, 0.4) is 0 Å². The van der Waals surface area contributed by atoms with Crippen LogP contribution in [0.1, 0.15) is 11.1 Å². The Balaban J connectivity index is 2.16. The van der Waals surface area contributed by atoms with Crippen LogP contribution in [0, 0.1) is 17.6 Å². The Morgan fingerprint density at radius 3 is 2.33 bits per heavy atom. The molecule has 112 valence electrons. The summed E-state index contributed by atoms with van der Waals surface area (Å²) in [4.78, 5) is 0. The highest BCUT2D eigenvalue weighted by molar-refractivity contribution is 9.10. The summed E-state index contributed by atoms with van der Waals surface area (Å²) < 4.78 is 28.1. The first kappa shape index (κ1) is 16.4. The van der Waals surface area contributed by atoms with Gasteiger partial charge in [0.25, 0.3) is 0 Å². The average Bonchev–Trinajstić information content (AvgIpc) is 2.48. The number of rotatable bonds is 5. The van der Waals surface area contributed by atoms with Crippen molar-refractivity contribution in [3.8, 4) is 0 Å². The van der Waals surface area contributed by atoms with Gasteiger partial charge in [0.1, 0.15) is 11.6 Å². The zero-order valence-corrected chi connectivity index (χ0v) is 13.6. The second-order valence-electron chi connectivity index (χ2n) is 4.96. The number of hydrogen-bond acceptors (Lipinski definition) is 1. The molecule has 1 unspecified atom stereocenters. The molecule has 2 N–H and O–H groups in total. The van der Waals surface area contributed by atoms with Crippen LogP contribution in [0.5, 0.6) is 0 Å². The Kier molecular flexibility index (Phi) is 5.73. The van der Waals surface area contributed by atoms with Gasteiger partial charge in [-0.25, -0.2) is 8.78 Å². The van der Waals surface area contributed by atoms with E-state index in [0.29, 0.717) is 18.0 Å². The lowest BCUT2D eigenvalue weighted by Crippen LogP contribution is -2.20. The van der Waals surface area contributed by atoms with Crippen molar-refractivity contribution in [1.82, 2.24) is 0 Å². The molecule has 2 aromatic rings. The van der Waals surface area contributed by atoms with E-state index in [-0.39, 0.29) is 22.4 Å². The molecular weight excluding hydrogens is 360 g/mol. The predicted octanol–water partition coefficient (Wildman–Crippen LogP) is 4.74. The van der Waals surface area contributed by atoms with E-state index in [1.165, 1.54) is 12.1 Å². The summed E-state index contributed by atoms with van der Waals surface area (Å²) in [5, 5.41) is 0.659. The molecule has 0 fully saturated rings. The van der Waals surface area contributed by atoms with Crippen molar-refractivity contribution >= 4 is 27.5 Å². The van der Waals surface area contributed by atoms with Gasteiger partial charge in [-0.05, 0) is 71.1 Å². The van der Waals surface area contributed by atoms with Gasteiger partial charge in [-0.1, -0.05) is 23.7 Å². The number of halogens is 4. The third kappa shape index (κ3) is 4.25. The van der Waals surface area contributed by atoms with E-state index in [9.17, 15) is 8.78 Å². The van der Waals surface area contributed by atoms with Crippen LogP contribution < -0.4 is 5.73 Å². The SMILES string of the molecule is NCC(Cc1ccc(Cl)cc1)Cc1c(F)ccc(Br)c1F. The van der Waals surface area contributed by atoms with Crippen molar-refractivity contribution < 1.29 is 8.78 Å². The molecule has 0 saturated heterocycles. The molecule has 0 radical (unpaired) electrons. The highest BCUT2D eigenvalue weighted by Gasteiger charge is 2.17. The number of benzene rings is 2. The molecule has 21 heavy (non-hydrogen) atoms. The molecule has 0 aliphatic carbocycles. The lowest BCUT2D eigenvalue weighted by molar-refractivity contribution is 0.483. The summed E-state index contributed by atoms with van der Waals surface area (Å²) in [5.74, 6) is -1.13. The molecule has 0 aliphatic rings. The van der Waals surface area contributed by atoms with Gasteiger partial charge < -0.3 is 5.73 Å². The molecule has 0 bridgehead atoms. The lowest BCUT2D eigenvalue weighted by Gasteiger charge is -2.16. The molecule has 0 aromatic heterocycles. The van der Waals surface area contributed by atoms with Gasteiger partial charge in [0.05, 0.1) is 4.47 Å². The van der Waals surface area contributed by atoms with Crippen LogP contribution in [-0.2, 0) is 12.8 Å². The molecular formula is C16H15BrClF2N. The predicted molar refractivity (Wildman–Crippen MR) is 85.5 cm³/mol. The standard InChI is InChI=1S/C16H15BrClF2N/c17-14-5-6-15(19)13(16(14)20)8-11(9-21)7-10-1-3-12(18)4-2-10/h1-6,11H,7-9,21H2. The maximum Gasteiger partial charge on any atom is 0.143 e. The quantitative estimate of drug-likeness (QED) is 0.752. The van der Waals surface area contributed by atoms with Crippen LogP contribution in [0.2, 0.25) is 5.02 Å². The van der Waals surface area contributed by atoms with E-state index in [2.05, 4.69) is 15.9 Å². The van der Waals surface area contributed by atoms with Gasteiger partial charge in [-0.15, -0.1) is 0 Å². The maximum absolute atomic E-state index is 14.0. The Labute approximate surface area is 136 Å². The smallest absolute Gasteiger partial charge is 0.143 e. The summed E-state index contributed by atoms with van der Waals surface area (Å²) in [5.41, 5.74) is 6.88. The summed E-state index contributed by atoms with van der Waals surface area (Å²) in [6.07, 6.45) is 0.912. The number of hydrogen-bond donors (Lipinski definition) is 1. The summed E-state index contributed by atoms with van der Waals surface area (Å²) >= 11 is 8.92. The Morgan fingerprint density at radius 1 is 1.05 bits per heavy atom. The van der Waals surface area contributed by atoms with E-state index in [0.717, 1.165) is 5.56 Å². The first-order chi connectivity index (χ1) is 10.0. The minimum Gasteiger partial charge on any atom is -0.330 e. The largest absolute Gasteiger partial charge is 0.330 e. The van der Waals surface area contributed by atoms with Crippen molar-refractivity contribution in [2.75, 3.05) is 6.54 Å². The third-order valence-corrected chi connectivity index (χ3v) is 4.27. The summed E-state index contributed by atoms with van der Waals surface area (Å²) in [7, 11) is 0. The molecule has 1 atom stereocenters. The molecule has 1 nitrogen and oxygen atoms in total. The topological polar surface area (TPSA) is 26.0 Å². The molecule has 5 heteroatoms. The van der Waals surface area contributed by atoms with Crippen LogP contribution in [-0.4, -0.2) is 6.54 Å². The second-order valence-corrected chi connectivity index (χ2v) is 6.25. The summed E-state index contributed by atoms with van der Waals surface area (Å²) in [6, 6.07) is 10.0. The van der Waals surface area contributed by atoms with Gasteiger partial charge in [0.2, 0.25) is 0 Å². The number of nitrogens with two attached hydrogens (primary N) is 1. The highest BCUT2D eigenvalue weighted by atomic mass is 79.9. The highest BCUT2D eigenvalue weighted by Crippen LogP contribution is 2.25. The van der Waals surface area contributed by atoms with Crippen molar-refractivity contribution in [2.24, 2.45) is 11.7 Å². The van der Waals surface area contributed by atoms with Gasteiger partial charge in [-0.3, -0.25) is 0 Å². The molecule has 2 rings (SSSR count). The van der Waals surface area contributed by atoms with E-state index < -0.39 is 11.6 Å². The molecule has 0 spiro atoms. The first-order valence-electron chi connectivity index (χ1n) is 6.58. The monoisotopic (exact) mass is 373 g/mol. The maximum atomic E-state index is 14.0. The lowest BCUT2D eigenvalue weighted by atomic mass is 9.92. The Bertz CT molecular complexity index is 616.